The first-order chi connectivity index (χ1) is 9.45. The third-order valence-corrected chi connectivity index (χ3v) is 4.11. The Kier molecular flexibility index (Phi) is 2.65. The summed E-state index contributed by atoms with van der Waals surface area (Å²) in [7, 11) is 0. The Morgan fingerprint density at radius 1 is 1.40 bits per heavy atom. The van der Waals surface area contributed by atoms with Crippen LogP contribution in [0.1, 0.15) is 31.2 Å². The van der Waals surface area contributed by atoms with Crippen molar-refractivity contribution in [3.63, 3.8) is 0 Å². The summed E-state index contributed by atoms with van der Waals surface area (Å²) in [6.45, 7) is 5.87. The fraction of sp³-hybridized carbons (Fsp3) is 0.400. The molecule has 4 nitrogen and oxygen atoms in total. The standard InChI is InChI=1S/C15H14FN3O/c1-8-4-5-9(16)6-10(8)13-18-14(20-19-13)12-11(7-17)15(12,2)3/h4-6,11-12H,1-3H3. The molecule has 0 N–H and O–H groups in total. The lowest BCUT2D eigenvalue weighted by atomic mass is 10.1. The largest absolute Gasteiger partial charge is 0.339 e. The van der Waals surface area contributed by atoms with Crippen molar-refractivity contribution in [3.8, 4) is 17.5 Å². The van der Waals surface area contributed by atoms with Gasteiger partial charge in [0.2, 0.25) is 11.7 Å². The summed E-state index contributed by atoms with van der Waals surface area (Å²) in [5.74, 6) is 0.349. The first-order valence-electron chi connectivity index (χ1n) is 6.45. The molecule has 1 aromatic carbocycles. The lowest BCUT2D eigenvalue weighted by Crippen LogP contribution is -1.91. The predicted molar refractivity (Wildman–Crippen MR) is 70.1 cm³/mol. The molecule has 2 unspecified atom stereocenters. The third kappa shape index (κ3) is 1.80. The smallest absolute Gasteiger partial charge is 0.232 e. The van der Waals surface area contributed by atoms with Gasteiger partial charge in [-0.25, -0.2) is 4.39 Å². The molecule has 2 atom stereocenters. The Hall–Kier alpha value is -2.22. The Bertz CT molecular complexity index is 714. The van der Waals surface area contributed by atoms with Crippen LogP contribution in [0.25, 0.3) is 11.4 Å². The van der Waals surface area contributed by atoms with Crippen molar-refractivity contribution in [1.82, 2.24) is 10.1 Å². The molecule has 1 heterocycles. The summed E-state index contributed by atoms with van der Waals surface area (Å²) in [6, 6.07) is 6.73. The van der Waals surface area contributed by atoms with Gasteiger partial charge in [0.25, 0.3) is 0 Å². The summed E-state index contributed by atoms with van der Waals surface area (Å²) < 4.78 is 18.6. The maximum Gasteiger partial charge on any atom is 0.232 e. The molecule has 1 saturated carbocycles. The number of rotatable bonds is 2. The van der Waals surface area contributed by atoms with Crippen molar-refractivity contribution in [1.29, 1.82) is 5.26 Å². The minimum atomic E-state index is -0.335. The van der Waals surface area contributed by atoms with E-state index in [1.54, 1.807) is 6.07 Å². The number of hydrogen-bond acceptors (Lipinski definition) is 4. The highest BCUT2D eigenvalue weighted by atomic mass is 19.1. The van der Waals surface area contributed by atoms with Crippen LogP contribution in [0.15, 0.2) is 22.7 Å². The van der Waals surface area contributed by atoms with E-state index in [0.29, 0.717) is 17.3 Å². The van der Waals surface area contributed by atoms with Crippen LogP contribution >= 0.6 is 0 Å². The van der Waals surface area contributed by atoms with Crippen molar-refractivity contribution in [2.45, 2.75) is 26.7 Å². The van der Waals surface area contributed by atoms with Gasteiger partial charge in [0.15, 0.2) is 0 Å². The number of aromatic nitrogens is 2. The van der Waals surface area contributed by atoms with E-state index in [1.165, 1.54) is 12.1 Å². The summed E-state index contributed by atoms with van der Waals surface area (Å²) in [6.07, 6.45) is 0. The van der Waals surface area contributed by atoms with Crippen molar-refractivity contribution < 1.29 is 8.91 Å². The van der Waals surface area contributed by atoms with Crippen LogP contribution < -0.4 is 0 Å². The quantitative estimate of drug-likeness (QED) is 0.839. The van der Waals surface area contributed by atoms with Crippen LogP contribution in [-0.2, 0) is 0 Å². The number of halogens is 1. The zero-order valence-electron chi connectivity index (χ0n) is 11.5. The fourth-order valence-electron chi connectivity index (χ4n) is 2.65. The highest BCUT2D eigenvalue weighted by Gasteiger charge is 2.62. The molecule has 0 spiro atoms. The second-order valence-corrected chi connectivity index (χ2v) is 5.82. The summed E-state index contributed by atoms with van der Waals surface area (Å²) in [5.41, 5.74) is 1.35. The molecule has 20 heavy (non-hydrogen) atoms. The second kappa shape index (κ2) is 4.14. The van der Waals surface area contributed by atoms with E-state index >= 15 is 0 Å². The second-order valence-electron chi connectivity index (χ2n) is 5.82. The molecule has 0 amide bonds. The Morgan fingerprint density at radius 2 is 2.15 bits per heavy atom. The van der Waals surface area contributed by atoms with E-state index in [2.05, 4.69) is 16.2 Å². The lowest BCUT2D eigenvalue weighted by molar-refractivity contribution is 0.368. The average molecular weight is 271 g/mol. The fourth-order valence-corrected chi connectivity index (χ4v) is 2.65. The van der Waals surface area contributed by atoms with Crippen molar-refractivity contribution in [3.05, 3.63) is 35.5 Å². The molecule has 0 aliphatic heterocycles. The molecule has 2 aromatic rings. The van der Waals surface area contributed by atoms with E-state index in [0.717, 1.165) is 5.56 Å². The van der Waals surface area contributed by atoms with Gasteiger partial charge in [0, 0.05) is 5.56 Å². The SMILES string of the molecule is Cc1ccc(F)cc1-c1noc(C2C(C#N)C2(C)C)n1. The minimum absolute atomic E-state index is 0.0392. The van der Waals surface area contributed by atoms with Gasteiger partial charge in [-0.1, -0.05) is 25.1 Å². The van der Waals surface area contributed by atoms with Gasteiger partial charge in [0.05, 0.1) is 17.9 Å². The molecular formula is C15H14FN3O. The topological polar surface area (TPSA) is 62.7 Å². The molecule has 3 rings (SSSR count). The van der Waals surface area contributed by atoms with Crippen LogP contribution in [-0.4, -0.2) is 10.1 Å². The average Bonchev–Trinajstić information content (AvgIpc) is 2.76. The number of nitriles is 1. The van der Waals surface area contributed by atoms with Gasteiger partial charge in [-0.2, -0.15) is 10.2 Å². The first-order valence-corrected chi connectivity index (χ1v) is 6.45. The molecule has 5 heteroatoms. The molecule has 0 bridgehead atoms. The van der Waals surface area contributed by atoms with Gasteiger partial charge >= 0.3 is 0 Å². The zero-order valence-corrected chi connectivity index (χ0v) is 11.5. The maximum atomic E-state index is 13.3. The van der Waals surface area contributed by atoms with Gasteiger partial charge in [-0.05, 0) is 30.0 Å². The molecule has 0 radical (unpaired) electrons. The molecule has 1 aromatic heterocycles. The van der Waals surface area contributed by atoms with Crippen LogP contribution in [0.5, 0.6) is 0 Å². The maximum absolute atomic E-state index is 13.3. The number of hydrogen-bond donors (Lipinski definition) is 0. The van der Waals surface area contributed by atoms with Crippen LogP contribution in [0.3, 0.4) is 0 Å². The molecule has 1 fully saturated rings. The van der Waals surface area contributed by atoms with E-state index in [9.17, 15) is 4.39 Å². The molecule has 0 saturated heterocycles. The van der Waals surface area contributed by atoms with E-state index in [4.69, 9.17) is 9.78 Å². The summed E-state index contributed by atoms with van der Waals surface area (Å²) >= 11 is 0. The molecular weight excluding hydrogens is 257 g/mol. The van der Waals surface area contributed by atoms with Gasteiger partial charge in [-0.3, -0.25) is 0 Å². The number of nitrogens with zero attached hydrogens (tertiary/aromatic N) is 3. The minimum Gasteiger partial charge on any atom is -0.339 e. The van der Waals surface area contributed by atoms with Crippen molar-refractivity contribution in [2.24, 2.45) is 11.3 Å². The van der Waals surface area contributed by atoms with Gasteiger partial charge in [0.1, 0.15) is 5.82 Å². The van der Waals surface area contributed by atoms with Crippen molar-refractivity contribution in [2.75, 3.05) is 0 Å². The third-order valence-electron chi connectivity index (χ3n) is 4.11. The lowest BCUT2D eigenvalue weighted by Gasteiger charge is -1.99. The number of benzene rings is 1. The molecule has 1 aliphatic carbocycles. The summed E-state index contributed by atoms with van der Waals surface area (Å²) in [5, 5.41) is 13.0. The Labute approximate surface area is 116 Å². The monoisotopic (exact) mass is 271 g/mol. The van der Waals surface area contributed by atoms with E-state index in [-0.39, 0.29) is 23.1 Å². The zero-order chi connectivity index (χ0) is 14.5. The Balaban J connectivity index is 1.96. The highest BCUT2D eigenvalue weighted by molar-refractivity contribution is 5.59. The van der Waals surface area contributed by atoms with E-state index < -0.39 is 0 Å². The molecule has 102 valence electrons. The first kappa shape index (κ1) is 12.8. The normalized spacial score (nSPS) is 23.4. The van der Waals surface area contributed by atoms with Crippen LogP contribution in [0, 0.1) is 35.4 Å². The molecule has 1 aliphatic rings. The Morgan fingerprint density at radius 3 is 2.80 bits per heavy atom. The van der Waals surface area contributed by atoms with Crippen LogP contribution in [0.2, 0.25) is 0 Å². The number of aryl methyl sites for hydroxylation is 1. The predicted octanol–water partition coefficient (Wildman–Crippen LogP) is 3.45. The van der Waals surface area contributed by atoms with Gasteiger partial charge < -0.3 is 4.52 Å². The van der Waals surface area contributed by atoms with Gasteiger partial charge in [-0.15, -0.1) is 0 Å². The van der Waals surface area contributed by atoms with Crippen LogP contribution in [0.4, 0.5) is 4.39 Å². The van der Waals surface area contributed by atoms with E-state index in [1.807, 2.05) is 20.8 Å². The highest BCUT2D eigenvalue weighted by Crippen LogP contribution is 2.63. The van der Waals surface area contributed by atoms with Crippen molar-refractivity contribution >= 4 is 0 Å². The summed E-state index contributed by atoms with van der Waals surface area (Å²) in [4.78, 5) is 4.34.